The number of aromatic amines is 1. The minimum absolute atomic E-state index is 0.342. The zero-order valence-corrected chi connectivity index (χ0v) is 12.5. The fourth-order valence-corrected chi connectivity index (χ4v) is 1.90. The van der Waals surface area contributed by atoms with Gasteiger partial charge in [-0.05, 0) is 11.8 Å². The van der Waals surface area contributed by atoms with Crippen molar-refractivity contribution in [2.75, 3.05) is 11.9 Å². The predicted molar refractivity (Wildman–Crippen MR) is 79.1 cm³/mol. The van der Waals surface area contributed by atoms with Gasteiger partial charge in [0.05, 0.1) is 0 Å². The first-order chi connectivity index (χ1) is 9.32. The largest absolute Gasteiger partial charge is 0.355 e. The maximum Gasteiger partial charge on any atom is 0.332 e. The average molecular weight is 279 g/mol. The number of aryl methyl sites for hydroxylation is 1. The molecule has 0 aliphatic heterocycles. The standard InChI is InChI=1S/C13H21N5O2/c1-7(2)8(3)6-14-12-15-9-10(16-12)17(4)13(20)18(5)11(9)19/h7-8H,6H2,1-5H3,(H2,14,15,16). The molecule has 2 rings (SSSR count). The van der Waals surface area contributed by atoms with E-state index in [1.807, 2.05) is 0 Å². The van der Waals surface area contributed by atoms with E-state index in [1.165, 1.54) is 11.6 Å². The first-order valence-corrected chi connectivity index (χ1v) is 6.72. The van der Waals surface area contributed by atoms with E-state index in [2.05, 4.69) is 36.1 Å². The van der Waals surface area contributed by atoms with Crippen LogP contribution in [0, 0.1) is 11.8 Å². The third kappa shape index (κ3) is 2.35. The summed E-state index contributed by atoms with van der Waals surface area (Å²) in [4.78, 5) is 31.1. The van der Waals surface area contributed by atoms with Gasteiger partial charge in [-0.3, -0.25) is 13.9 Å². The summed E-state index contributed by atoms with van der Waals surface area (Å²) in [5.41, 5.74) is -0.0243. The lowest BCUT2D eigenvalue weighted by molar-refractivity contribution is 0.439. The number of nitrogens with zero attached hydrogens (tertiary/aromatic N) is 3. The SMILES string of the molecule is CC(C)C(C)CNc1nc2c([nH]1)c(=O)n(C)c(=O)n2C. The molecule has 0 amide bonds. The van der Waals surface area contributed by atoms with Crippen LogP contribution < -0.4 is 16.6 Å². The molecule has 0 saturated heterocycles. The van der Waals surface area contributed by atoms with E-state index in [0.29, 0.717) is 28.9 Å². The molecule has 7 heteroatoms. The Morgan fingerprint density at radius 3 is 2.45 bits per heavy atom. The van der Waals surface area contributed by atoms with Crippen molar-refractivity contribution in [1.29, 1.82) is 0 Å². The third-order valence-electron chi connectivity index (χ3n) is 3.82. The van der Waals surface area contributed by atoms with Crippen molar-refractivity contribution in [3.05, 3.63) is 20.8 Å². The molecular formula is C13H21N5O2. The van der Waals surface area contributed by atoms with Crippen LogP contribution in [0.5, 0.6) is 0 Å². The van der Waals surface area contributed by atoms with E-state index < -0.39 is 0 Å². The molecule has 0 fully saturated rings. The van der Waals surface area contributed by atoms with Gasteiger partial charge in [-0.2, -0.15) is 4.98 Å². The minimum atomic E-state index is -0.379. The molecular weight excluding hydrogens is 258 g/mol. The Morgan fingerprint density at radius 2 is 1.85 bits per heavy atom. The lowest BCUT2D eigenvalue weighted by Crippen LogP contribution is -2.36. The molecule has 0 aromatic carbocycles. The lowest BCUT2D eigenvalue weighted by Gasteiger charge is -2.15. The molecule has 2 heterocycles. The smallest absolute Gasteiger partial charge is 0.332 e. The normalized spacial score (nSPS) is 13.1. The topological polar surface area (TPSA) is 84.7 Å². The molecule has 1 atom stereocenters. The zero-order chi connectivity index (χ0) is 15.0. The highest BCUT2D eigenvalue weighted by Gasteiger charge is 2.14. The Labute approximate surface area is 116 Å². The van der Waals surface area contributed by atoms with Gasteiger partial charge in [0.1, 0.15) is 0 Å². The fraction of sp³-hybridized carbons (Fsp3) is 0.615. The van der Waals surface area contributed by atoms with Crippen molar-refractivity contribution in [1.82, 2.24) is 19.1 Å². The number of hydrogen-bond donors (Lipinski definition) is 2. The van der Waals surface area contributed by atoms with Gasteiger partial charge >= 0.3 is 5.69 Å². The van der Waals surface area contributed by atoms with Crippen LogP contribution in [-0.4, -0.2) is 25.6 Å². The molecule has 0 spiro atoms. The Balaban J connectivity index is 2.40. The summed E-state index contributed by atoms with van der Waals surface area (Å²) < 4.78 is 2.44. The van der Waals surface area contributed by atoms with Crippen molar-refractivity contribution in [3.63, 3.8) is 0 Å². The Kier molecular flexibility index (Phi) is 3.69. The Hall–Kier alpha value is -2.05. The van der Waals surface area contributed by atoms with Gasteiger partial charge in [0.2, 0.25) is 5.95 Å². The van der Waals surface area contributed by atoms with E-state index in [0.717, 1.165) is 11.1 Å². The van der Waals surface area contributed by atoms with Crippen LogP contribution in [0.1, 0.15) is 20.8 Å². The van der Waals surface area contributed by atoms with Crippen LogP contribution in [0.15, 0.2) is 9.59 Å². The molecule has 0 bridgehead atoms. The van der Waals surface area contributed by atoms with E-state index in [4.69, 9.17) is 0 Å². The van der Waals surface area contributed by atoms with E-state index in [1.54, 1.807) is 7.05 Å². The van der Waals surface area contributed by atoms with Crippen molar-refractivity contribution in [2.45, 2.75) is 20.8 Å². The van der Waals surface area contributed by atoms with Gasteiger partial charge in [0.15, 0.2) is 11.2 Å². The van der Waals surface area contributed by atoms with Crippen LogP contribution in [0.4, 0.5) is 5.95 Å². The fourth-order valence-electron chi connectivity index (χ4n) is 1.90. The van der Waals surface area contributed by atoms with Gasteiger partial charge in [0, 0.05) is 20.6 Å². The summed E-state index contributed by atoms with van der Waals surface area (Å²) in [6.45, 7) is 7.22. The van der Waals surface area contributed by atoms with Gasteiger partial charge in [0.25, 0.3) is 5.56 Å². The van der Waals surface area contributed by atoms with Gasteiger partial charge in [-0.1, -0.05) is 20.8 Å². The number of fused-ring (bicyclic) bond motifs is 1. The summed E-state index contributed by atoms with van der Waals surface area (Å²) in [7, 11) is 3.06. The zero-order valence-electron chi connectivity index (χ0n) is 12.5. The molecule has 0 radical (unpaired) electrons. The summed E-state index contributed by atoms with van der Waals surface area (Å²) in [6.07, 6.45) is 0. The van der Waals surface area contributed by atoms with Crippen LogP contribution in [0.25, 0.3) is 11.2 Å². The number of anilines is 1. The monoisotopic (exact) mass is 279 g/mol. The van der Waals surface area contributed by atoms with Crippen molar-refractivity contribution >= 4 is 17.1 Å². The highest BCUT2D eigenvalue weighted by atomic mass is 16.2. The minimum Gasteiger partial charge on any atom is -0.355 e. The number of H-pyrrole nitrogens is 1. The molecule has 2 aromatic heterocycles. The summed E-state index contributed by atoms with van der Waals surface area (Å²) in [5.74, 6) is 1.56. The molecule has 110 valence electrons. The highest BCUT2D eigenvalue weighted by Crippen LogP contribution is 2.12. The molecule has 1 unspecified atom stereocenters. The van der Waals surface area contributed by atoms with Crippen molar-refractivity contribution in [2.24, 2.45) is 25.9 Å². The van der Waals surface area contributed by atoms with E-state index in [9.17, 15) is 9.59 Å². The quantitative estimate of drug-likeness (QED) is 0.861. The number of aromatic nitrogens is 4. The van der Waals surface area contributed by atoms with Gasteiger partial charge in [-0.25, -0.2) is 4.79 Å². The second kappa shape index (κ2) is 5.15. The number of nitrogens with one attached hydrogen (secondary N) is 2. The van der Waals surface area contributed by atoms with Crippen LogP contribution in [-0.2, 0) is 14.1 Å². The maximum atomic E-state index is 12.0. The number of rotatable bonds is 4. The van der Waals surface area contributed by atoms with Crippen LogP contribution >= 0.6 is 0 Å². The molecule has 7 nitrogen and oxygen atoms in total. The summed E-state index contributed by atoms with van der Waals surface area (Å²) in [6, 6.07) is 0. The molecule has 0 aliphatic carbocycles. The second-order valence-electron chi connectivity index (χ2n) is 5.59. The third-order valence-corrected chi connectivity index (χ3v) is 3.82. The molecule has 20 heavy (non-hydrogen) atoms. The van der Waals surface area contributed by atoms with Gasteiger partial charge < -0.3 is 10.3 Å². The second-order valence-corrected chi connectivity index (χ2v) is 5.59. The molecule has 0 saturated carbocycles. The lowest BCUT2D eigenvalue weighted by atomic mass is 9.98. The van der Waals surface area contributed by atoms with Crippen molar-refractivity contribution in [3.8, 4) is 0 Å². The number of hydrogen-bond acceptors (Lipinski definition) is 4. The highest BCUT2D eigenvalue weighted by molar-refractivity contribution is 5.72. The van der Waals surface area contributed by atoms with Crippen LogP contribution in [0.2, 0.25) is 0 Å². The first kappa shape index (κ1) is 14.4. The average Bonchev–Trinajstić information content (AvgIpc) is 2.84. The molecule has 2 aromatic rings. The number of imidazole rings is 1. The maximum absolute atomic E-state index is 12.0. The summed E-state index contributed by atoms with van der Waals surface area (Å²) in [5, 5.41) is 3.18. The van der Waals surface area contributed by atoms with Gasteiger partial charge in [-0.15, -0.1) is 0 Å². The first-order valence-electron chi connectivity index (χ1n) is 6.72. The Morgan fingerprint density at radius 1 is 1.20 bits per heavy atom. The molecule has 0 aliphatic rings. The van der Waals surface area contributed by atoms with E-state index >= 15 is 0 Å². The van der Waals surface area contributed by atoms with E-state index in [-0.39, 0.29) is 11.2 Å². The van der Waals surface area contributed by atoms with Crippen LogP contribution in [0.3, 0.4) is 0 Å². The molecule has 2 N–H and O–H groups in total. The Bertz CT molecular complexity index is 738. The summed E-state index contributed by atoms with van der Waals surface area (Å²) >= 11 is 0. The predicted octanol–water partition coefficient (Wildman–Crippen LogP) is 0.664. The van der Waals surface area contributed by atoms with Crippen molar-refractivity contribution < 1.29 is 0 Å².